The molecule has 0 saturated heterocycles. The maximum Gasteiger partial charge on any atom is 0.273 e. The second-order valence-corrected chi connectivity index (χ2v) is 7.51. The lowest BCUT2D eigenvalue weighted by Gasteiger charge is -2.27. The number of aromatic amines is 1. The molecular formula is C24H20N4O4. The van der Waals surface area contributed by atoms with Gasteiger partial charge in [0.1, 0.15) is 17.1 Å². The number of methoxy groups -OCH3 is 1. The van der Waals surface area contributed by atoms with Crippen LogP contribution in [-0.2, 0) is 6.54 Å². The molecule has 160 valence electrons. The first-order chi connectivity index (χ1) is 15.6. The summed E-state index contributed by atoms with van der Waals surface area (Å²) in [5.74, 6) is 0.169. The zero-order valence-electron chi connectivity index (χ0n) is 17.2. The van der Waals surface area contributed by atoms with Gasteiger partial charge in [-0.1, -0.05) is 24.3 Å². The number of nitrogens with zero attached hydrogens (tertiary/aromatic N) is 3. The molecule has 3 heterocycles. The molecule has 0 aliphatic carbocycles. The summed E-state index contributed by atoms with van der Waals surface area (Å²) in [6.45, 7) is 0.323. The molecule has 8 heteroatoms. The van der Waals surface area contributed by atoms with Crippen molar-refractivity contribution in [2.45, 2.75) is 12.6 Å². The van der Waals surface area contributed by atoms with Gasteiger partial charge >= 0.3 is 0 Å². The molecule has 0 fully saturated rings. The molecule has 0 radical (unpaired) electrons. The lowest BCUT2D eigenvalue weighted by molar-refractivity contribution is 0.0729. The molecule has 2 aromatic carbocycles. The fourth-order valence-corrected chi connectivity index (χ4v) is 4.14. The third-order valence-electron chi connectivity index (χ3n) is 5.62. The van der Waals surface area contributed by atoms with E-state index in [2.05, 4.69) is 15.2 Å². The third kappa shape index (κ3) is 3.13. The van der Waals surface area contributed by atoms with Gasteiger partial charge in [0, 0.05) is 30.1 Å². The highest BCUT2D eigenvalue weighted by molar-refractivity contribution is 6.00. The van der Waals surface area contributed by atoms with E-state index in [-0.39, 0.29) is 17.4 Å². The van der Waals surface area contributed by atoms with Crippen LogP contribution in [0.5, 0.6) is 17.2 Å². The molecule has 0 bridgehead atoms. The molecule has 8 nitrogen and oxygen atoms in total. The van der Waals surface area contributed by atoms with Gasteiger partial charge in [0.25, 0.3) is 5.91 Å². The highest BCUT2D eigenvalue weighted by Gasteiger charge is 2.42. The minimum atomic E-state index is -0.513. The molecule has 1 atom stereocenters. The van der Waals surface area contributed by atoms with Crippen LogP contribution in [0.4, 0.5) is 0 Å². The van der Waals surface area contributed by atoms with E-state index in [1.54, 1.807) is 59.8 Å². The third-order valence-corrected chi connectivity index (χ3v) is 5.62. The first-order valence-corrected chi connectivity index (χ1v) is 10.0. The van der Waals surface area contributed by atoms with Crippen molar-refractivity contribution in [3.8, 4) is 28.5 Å². The standard InChI is InChI=1S/C24H20N4O4/c1-32-19-11-15(8-9-18(19)30)23-20-21(16-6-2-3-7-17(16)29)26-27-22(20)24(31)28(23)13-14-5-4-10-25-12-14/h2-12,23,29-30H,13H2,1H3,(H,26,27). The number of hydrogen-bond donors (Lipinski definition) is 3. The second-order valence-electron chi connectivity index (χ2n) is 7.51. The van der Waals surface area contributed by atoms with Gasteiger partial charge in [-0.3, -0.25) is 14.9 Å². The number of benzene rings is 2. The van der Waals surface area contributed by atoms with E-state index in [1.165, 1.54) is 7.11 Å². The number of aromatic hydroxyl groups is 2. The number of fused-ring (bicyclic) bond motifs is 1. The van der Waals surface area contributed by atoms with Crippen molar-refractivity contribution in [3.05, 3.63) is 89.4 Å². The monoisotopic (exact) mass is 428 g/mol. The van der Waals surface area contributed by atoms with Crippen molar-refractivity contribution in [1.29, 1.82) is 0 Å². The number of amides is 1. The van der Waals surface area contributed by atoms with E-state index >= 15 is 0 Å². The topological polar surface area (TPSA) is 112 Å². The quantitative estimate of drug-likeness (QED) is 0.448. The van der Waals surface area contributed by atoms with Gasteiger partial charge < -0.3 is 19.8 Å². The smallest absolute Gasteiger partial charge is 0.273 e. The van der Waals surface area contributed by atoms with E-state index in [4.69, 9.17) is 4.74 Å². The Morgan fingerprint density at radius 2 is 1.94 bits per heavy atom. The van der Waals surface area contributed by atoms with Gasteiger partial charge in [0.05, 0.1) is 13.2 Å². The van der Waals surface area contributed by atoms with Crippen LogP contribution in [0.2, 0.25) is 0 Å². The van der Waals surface area contributed by atoms with Crippen molar-refractivity contribution < 1.29 is 19.7 Å². The molecular weight excluding hydrogens is 408 g/mol. The molecule has 4 aromatic rings. The summed E-state index contributed by atoms with van der Waals surface area (Å²) in [5, 5.41) is 27.8. The number of phenolic OH excluding ortho intramolecular Hbond substituents is 2. The van der Waals surface area contributed by atoms with Gasteiger partial charge in [-0.05, 0) is 41.5 Å². The highest BCUT2D eigenvalue weighted by atomic mass is 16.5. The predicted octanol–water partition coefficient (Wildman–Crippen LogP) is 3.64. The number of aromatic nitrogens is 3. The minimum Gasteiger partial charge on any atom is -0.507 e. The zero-order chi connectivity index (χ0) is 22.2. The van der Waals surface area contributed by atoms with Crippen LogP contribution >= 0.6 is 0 Å². The maximum absolute atomic E-state index is 13.4. The molecule has 5 rings (SSSR count). The van der Waals surface area contributed by atoms with E-state index in [1.807, 2.05) is 12.1 Å². The van der Waals surface area contributed by atoms with Crippen molar-refractivity contribution in [1.82, 2.24) is 20.1 Å². The van der Waals surface area contributed by atoms with Crippen molar-refractivity contribution in [3.63, 3.8) is 0 Å². The first kappa shape index (κ1) is 19.6. The zero-order valence-corrected chi connectivity index (χ0v) is 17.2. The summed E-state index contributed by atoms with van der Waals surface area (Å²) >= 11 is 0. The van der Waals surface area contributed by atoms with Gasteiger partial charge in [0.15, 0.2) is 11.5 Å². The van der Waals surface area contributed by atoms with Crippen LogP contribution in [0.1, 0.15) is 33.2 Å². The molecule has 1 aliphatic rings. The Morgan fingerprint density at radius 3 is 2.69 bits per heavy atom. The lowest BCUT2D eigenvalue weighted by Crippen LogP contribution is -2.29. The largest absolute Gasteiger partial charge is 0.507 e. The van der Waals surface area contributed by atoms with Gasteiger partial charge in [-0.25, -0.2) is 0 Å². The molecule has 1 unspecified atom stereocenters. The fraction of sp³-hybridized carbons (Fsp3) is 0.125. The van der Waals surface area contributed by atoms with E-state index in [0.29, 0.717) is 34.8 Å². The molecule has 0 saturated carbocycles. The number of phenols is 2. The highest BCUT2D eigenvalue weighted by Crippen LogP contribution is 2.46. The Labute approximate surface area is 183 Å². The van der Waals surface area contributed by atoms with Crippen LogP contribution in [0.3, 0.4) is 0 Å². The van der Waals surface area contributed by atoms with Crippen molar-refractivity contribution >= 4 is 5.91 Å². The van der Waals surface area contributed by atoms with E-state index in [9.17, 15) is 15.0 Å². The number of rotatable bonds is 5. The maximum atomic E-state index is 13.4. The van der Waals surface area contributed by atoms with Crippen LogP contribution in [0, 0.1) is 0 Å². The predicted molar refractivity (Wildman–Crippen MR) is 116 cm³/mol. The number of carbonyl (C=O) groups excluding carboxylic acids is 1. The van der Waals surface area contributed by atoms with Crippen LogP contribution in [0.25, 0.3) is 11.3 Å². The number of carbonyl (C=O) groups is 1. The Bertz CT molecular complexity index is 1300. The number of para-hydroxylation sites is 1. The Kier molecular flexibility index (Phi) is 4.74. The summed E-state index contributed by atoms with van der Waals surface area (Å²) in [7, 11) is 1.47. The average Bonchev–Trinajstić information content (AvgIpc) is 3.35. The van der Waals surface area contributed by atoms with Crippen molar-refractivity contribution in [2.24, 2.45) is 0 Å². The molecule has 32 heavy (non-hydrogen) atoms. The summed E-state index contributed by atoms with van der Waals surface area (Å²) in [6, 6.07) is 15.1. The normalized spacial score (nSPS) is 15.1. The summed E-state index contributed by atoms with van der Waals surface area (Å²) in [4.78, 5) is 19.3. The molecule has 1 aliphatic heterocycles. The van der Waals surface area contributed by atoms with E-state index in [0.717, 1.165) is 11.1 Å². The molecule has 3 N–H and O–H groups in total. The first-order valence-electron chi connectivity index (χ1n) is 10.0. The van der Waals surface area contributed by atoms with Crippen LogP contribution in [0.15, 0.2) is 67.0 Å². The molecule has 2 aromatic heterocycles. The number of H-pyrrole nitrogens is 1. The Morgan fingerprint density at radius 1 is 1.09 bits per heavy atom. The number of ether oxygens (including phenoxy) is 1. The van der Waals surface area contributed by atoms with Gasteiger partial charge in [-0.15, -0.1) is 0 Å². The lowest BCUT2D eigenvalue weighted by atomic mass is 9.95. The number of hydrogen-bond acceptors (Lipinski definition) is 6. The summed E-state index contributed by atoms with van der Waals surface area (Å²) in [5.41, 5.74) is 3.67. The number of pyridine rings is 1. The minimum absolute atomic E-state index is 0.00715. The van der Waals surface area contributed by atoms with Crippen molar-refractivity contribution in [2.75, 3.05) is 7.11 Å². The summed E-state index contributed by atoms with van der Waals surface area (Å²) < 4.78 is 5.30. The van der Waals surface area contributed by atoms with Gasteiger partial charge in [-0.2, -0.15) is 5.10 Å². The van der Waals surface area contributed by atoms with E-state index < -0.39 is 6.04 Å². The fourth-order valence-electron chi connectivity index (χ4n) is 4.14. The Balaban J connectivity index is 1.69. The van der Waals surface area contributed by atoms with Crippen LogP contribution in [-0.4, -0.2) is 43.3 Å². The second kappa shape index (κ2) is 7.73. The van der Waals surface area contributed by atoms with Gasteiger partial charge in [0.2, 0.25) is 0 Å². The molecule has 0 spiro atoms. The Hall–Kier alpha value is -4.33. The average molecular weight is 428 g/mol. The summed E-state index contributed by atoms with van der Waals surface area (Å²) in [6.07, 6.45) is 3.40. The van der Waals surface area contributed by atoms with Crippen LogP contribution < -0.4 is 4.74 Å². The number of nitrogens with one attached hydrogen (secondary N) is 1. The molecule has 1 amide bonds. The SMILES string of the molecule is COc1cc(C2c3c(-c4ccccc4O)n[nH]c3C(=O)N2Cc2cccnc2)ccc1O.